The van der Waals surface area contributed by atoms with Crippen LogP contribution in [0.2, 0.25) is 0 Å². The molecule has 0 spiro atoms. The number of amides is 1. The summed E-state index contributed by atoms with van der Waals surface area (Å²) in [6.45, 7) is 2.45. The molecule has 0 saturated carbocycles. The Morgan fingerprint density at radius 2 is 2.11 bits per heavy atom. The topological polar surface area (TPSA) is 61.4 Å². The molecule has 3 unspecified atom stereocenters. The molecule has 3 N–H and O–H groups in total. The van der Waals surface area contributed by atoms with Crippen LogP contribution in [-0.2, 0) is 4.79 Å². The maximum Gasteiger partial charge on any atom is 0.237 e. The van der Waals surface area contributed by atoms with E-state index in [0.717, 1.165) is 5.56 Å². The van der Waals surface area contributed by atoms with Crippen LogP contribution in [-0.4, -0.2) is 29.7 Å². The van der Waals surface area contributed by atoms with Crippen molar-refractivity contribution in [3.05, 3.63) is 35.9 Å². The highest BCUT2D eigenvalue weighted by Gasteiger charge is 2.28. The van der Waals surface area contributed by atoms with Crippen LogP contribution >= 0.6 is 12.4 Å². The molecule has 2 rings (SSSR count). The predicted molar refractivity (Wildman–Crippen MR) is 72.7 cm³/mol. The summed E-state index contributed by atoms with van der Waals surface area (Å²) in [5, 5.41) is 15.3. The van der Waals surface area contributed by atoms with Gasteiger partial charge in [0, 0.05) is 6.54 Å². The van der Waals surface area contributed by atoms with Crippen molar-refractivity contribution in [3.8, 4) is 0 Å². The standard InChI is InChI=1S/C13H18N2O2.ClH/c1-9(10-5-3-2-4-6-10)15-13(17)12-7-11(16)8-14-12;/h2-6,9,11-12,14,16H,7-8H2,1H3,(H,15,17);1H. The van der Waals surface area contributed by atoms with Crippen molar-refractivity contribution in [2.24, 2.45) is 0 Å². The zero-order valence-corrected chi connectivity index (χ0v) is 11.1. The maximum atomic E-state index is 11.9. The van der Waals surface area contributed by atoms with E-state index in [1.54, 1.807) is 0 Å². The van der Waals surface area contributed by atoms with Crippen LogP contribution < -0.4 is 10.6 Å². The molecule has 1 saturated heterocycles. The van der Waals surface area contributed by atoms with Crippen molar-refractivity contribution < 1.29 is 9.90 Å². The van der Waals surface area contributed by atoms with Crippen molar-refractivity contribution in [2.45, 2.75) is 31.5 Å². The molecule has 100 valence electrons. The number of β-amino-alcohol motifs (C(OH)–C–C–N with tert-alkyl or cyclic N) is 1. The second-order valence-corrected chi connectivity index (χ2v) is 4.49. The number of nitrogens with one attached hydrogen (secondary N) is 2. The Morgan fingerprint density at radius 1 is 1.44 bits per heavy atom. The van der Waals surface area contributed by atoms with E-state index in [9.17, 15) is 9.90 Å². The Balaban J connectivity index is 0.00000162. The lowest BCUT2D eigenvalue weighted by atomic mass is 10.1. The van der Waals surface area contributed by atoms with E-state index in [2.05, 4.69) is 10.6 Å². The van der Waals surface area contributed by atoms with Crippen LogP contribution in [0.25, 0.3) is 0 Å². The van der Waals surface area contributed by atoms with Crippen molar-refractivity contribution in [3.63, 3.8) is 0 Å². The Labute approximate surface area is 113 Å². The largest absolute Gasteiger partial charge is 0.392 e. The summed E-state index contributed by atoms with van der Waals surface area (Å²) in [5.41, 5.74) is 1.08. The third-order valence-corrected chi connectivity index (χ3v) is 3.08. The van der Waals surface area contributed by atoms with Gasteiger partial charge in [-0.1, -0.05) is 30.3 Å². The number of hydrogen-bond acceptors (Lipinski definition) is 3. The fourth-order valence-corrected chi connectivity index (χ4v) is 2.06. The van der Waals surface area contributed by atoms with Gasteiger partial charge < -0.3 is 15.7 Å². The third kappa shape index (κ3) is 3.70. The van der Waals surface area contributed by atoms with E-state index in [-0.39, 0.29) is 30.4 Å². The van der Waals surface area contributed by atoms with E-state index in [4.69, 9.17) is 0 Å². The fraction of sp³-hybridized carbons (Fsp3) is 0.462. The average molecular weight is 271 g/mol. The lowest BCUT2D eigenvalue weighted by molar-refractivity contribution is -0.123. The third-order valence-electron chi connectivity index (χ3n) is 3.08. The summed E-state index contributed by atoms with van der Waals surface area (Å²) in [7, 11) is 0. The lowest BCUT2D eigenvalue weighted by Gasteiger charge is -2.17. The minimum absolute atomic E-state index is 0. The van der Waals surface area contributed by atoms with Crippen molar-refractivity contribution in [1.82, 2.24) is 10.6 Å². The number of halogens is 1. The molecule has 1 heterocycles. The van der Waals surface area contributed by atoms with E-state index >= 15 is 0 Å². The molecule has 0 aliphatic carbocycles. The van der Waals surface area contributed by atoms with Crippen LogP contribution in [0.3, 0.4) is 0 Å². The Bertz CT molecular complexity index is 386. The molecule has 1 aliphatic rings. The van der Waals surface area contributed by atoms with Gasteiger partial charge in [0.2, 0.25) is 5.91 Å². The molecule has 0 aromatic heterocycles. The van der Waals surface area contributed by atoms with Crippen molar-refractivity contribution >= 4 is 18.3 Å². The quantitative estimate of drug-likeness (QED) is 0.768. The predicted octanol–water partition coefficient (Wildman–Crippen LogP) is 1.01. The number of hydrogen-bond donors (Lipinski definition) is 3. The molecule has 5 heteroatoms. The molecule has 1 fully saturated rings. The average Bonchev–Trinajstić information content (AvgIpc) is 2.77. The first-order valence-corrected chi connectivity index (χ1v) is 5.93. The molecule has 0 radical (unpaired) electrons. The zero-order chi connectivity index (χ0) is 12.3. The van der Waals surface area contributed by atoms with Crippen molar-refractivity contribution in [1.29, 1.82) is 0 Å². The van der Waals surface area contributed by atoms with Gasteiger partial charge >= 0.3 is 0 Å². The highest BCUT2D eigenvalue weighted by molar-refractivity contribution is 5.85. The van der Waals surface area contributed by atoms with Crippen LogP contribution in [0, 0.1) is 0 Å². The molecule has 18 heavy (non-hydrogen) atoms. The Hall–Kier alpha value is -1.10. The Kier molecular flexibility index (Phi) is 5.59. The van der Waals surface area contributed by atoms with Gasteiger partial charge in [0.25, 0.3) is 0 Å². The number of benzene rings is 1. The molecule has 4 nitrogen and oxygen atoms in total. The minimum atomic E-state index is -0.405. The first-order valence-electron chi connectivity index (χ1n) is 5.93. The van der Waals surface area contributed by atoms with Gasteiger partial charge in [-0.05, 0) is 18.9 Å². The van der Waals surface area contributed by atoms with Crippen LogP contribution in [0.5, 0.6) is 0 Å². The van der Waals surface area contributed by atoms with Crippen LogP contribution in [0.4, 0.5) is 0 Å². The number of aliphatic hydroxyl groups is 1. The van der Waals surface area contributed by atoms with Gasteiger partial charge in [0.1, 0.15) is 0 Å². The van der Waals surface area contributed by atoms with Gasteiger partial charge in [0.05, 0.1) is 18.2 Å². The second kappa shape index (κ2) is 6.73. The number of carbonyl (C=O) groups is 1. The molecule has 1 amide bonds. The van der Waals surface area contributed by atoms with Crippen LogP contribution in [0.15, 0.2) is 30.3 Å². The smallest absolute Gasteiger partial charge is 0.237 e. The summed E-state index contributed by atoms with van der Waals surface area (Å²) in [6.07, 6.45) is 0.0886. The van der Waals surface area contributed by atoms with Gasteiger partial charge in [0.15, 0.2) is 0 Å². The number of rotatable bonds is 3. The fourth-order valence-electron chi connectivity index (χ4n) is 2.06. The van der Waals surface area contributed by atoms with E-state index in [1.807, 2.05) is 37.3 Å². The molecule has 1 aromatic carbocycles. The first kappa shape index (κ1) is 15.0. The van der Waals surface area contributed by atoms with Gasteiger partial charge in [-0.2, -0.15) is 0 Å². The molecule has 1 aliphatic heterocycles. The highest BCUT2D eigenvalue weighted by Crippen LogP contribution is 2.13. The lowest BCUT2D eigenvalue weighted by Crippen LogP contribution is -2.41. The summed E-state index contributed by atoms with van der Waals surface area (Å²) < 4.78 is 0. The molecule has 0 bridgehead atoms. The van der Waals surface area contributed by atoms with E-state index in [1.165, 1.54) is 0 Å². The van der Waals surface area contributed by atoms with Crippen molar-refractivity contribution in [2.75, 3.05) is 6.54 Å². The second-order valence-electron chi connectivity index (χ2n) is 4.49. The van der Waals surface area contributed by atoms with E-state index < -0.39 is 6.10 Å². The normalized spacial score (nSPS) is 24.1. The molecule has 1 aromatic rings. The Morgan fingerprint density at radius 3 is 2.67 bits per heavy atom. The minimum Gasteiger partial charge on any atom is -0.392 e. The molecule has 3 atom stereocenters. The molecular formula is C13H19ClN2O2. The van der Waals surface area contributed by atoms with Gasteiger partial charge in [-0.3, -0.25) is 4.79 Å². The maximum absolute atomic E-state index is 11.9. The SMILES string of the molecule is CC(NC(=O)C1CC(O)CN1)c1ccccc1.Cl. The number of carbonyl (C=O) groups excluding carboxylic acids is 1. The summed E-state index contributed by atoms with van der Waals surface area (Å²) in [4.78, 5) is 11.9. The first-order chi connectivity index (χ1) is 8.16. The molecular weight excluding hydrogens is 252 g/mol. The van der Waals surface area contributed by atoms with E-state index in [0.29, 0.717) is 13.0 Å². The zero-order valence-electron chi connectivity index (χ0n) is 10.3. The summed E-state index contributed by atoms with van der Waals surface area (Å²) in [5.74, 6) is -0.0436. The monoisotopic (exact) mass is 270 g/mol. The number of aliphatic hydroxyl groups excluding tert-OH is 1. The summed E-state index contributed by atoms with van der Waals surface area (Å²) in [6, 6.07) is 9.56. The van der Waals surface area contributed by atoms with Gasteiger partial charge in [-0.25, -0.2) is 0 Å². The van der Waals surface area contributed by atoms with Gasteiger partial charge in [-0.15, -0.1) is 12.4 Å². The highest BCUT2D eigenvalue weighted by atomic mass is 35.5. The summed E-state index contributed by atoms with van der Waals surface area (Å²) >= 11 is 0. The van der Waals surface area contributed by atoms with Crippen LogP contribution in [0.1, 0.15) is 24.9 Å².